The van der Waals surface area contributed by atoms with Gasteiger partial charge >= 0.3 is 0 Å². The molecule has 1 nitrogen and oxygen atoms in total. The standard InChI is InChI=1S/C12H18FN/c1-9(2)12(13,8-14)11-6-4-5-10(3)7-11/h4-7,9H,8,14H2,1-3H3. The van der Waals surface area contributed by atoms with Gasteiger partial charge in [-0.1, -0.05) is 43.7 Å². The molecule has 0 saturated carbocycles. The molecule has 0 bridgehead atoms. The Labute approximate surface area is 85.1 Å². The molecule has 0 aliphatic heterocycles. The van der Waals surface area contributed by atoms with Crippen LogP contribution >= 0.6 is 0 Å². The van der Waals surface area contributed by atoms with Gasteiger partial charge in [-0.05, 0) is 18.4 Å². The summed E-state index contributed by atoms with van der Waals surface area (Å²) in [6.07, 6.45) is 0. The first-order valence-corrected chi connectivity index (χ1v) is 4.97. The number of rotatable bonds is 3. The summed E-state index contributed by atoms with van der Waals surface area (Å²) in [6, 6.07) is 7.50. The van der Waals surface area contributed by atoms with Crippen molar-refractivity contribution >= 4 is 0 Å². The van der Waals surface area contributed by atoms with Crippen molar-refractivity contribution in [3.05, 3.63) is 35.4 Å². The van der Waals surface area contributed by atoms with Gasteiger partial charge in [-0.3, -0.25) is 0 Å². The second-order valence-corrected chi connectivity index (χ2v) is 4.09. The average molecular weight is 195 g/mol. The van der Waals surface area contributed by atoms with E-state index in [9.17, 15) is 4.39 Å². The van der Waals surface area contributed by atoms with Gasteiger partial charge in [0, 0.05) is 6.54 Å². The van der Waals surface area contributed by atoms with E-state index in [2.05, 4.69) is 0 Å². The molecule has 2 N–H and O–H groups in total. The van der Waals surface area contributed by atoms with Crippen LogP contribution in [0.2, 0.25) is 0 Å². The molecule has 0 spiro atoms. The summed E-state index contributed by atoms with van der Waals surface area (Å²) < 4.78 is 14.4. The van der Waals surface area contributed by atoms with Gasteiger partial charge in [0.2, 0.25) is 0 Å². The maximum atomic E-state index is 14.4. The van der Waals surface area contributed by atoms with Crippen molar-refractivity contribution in [1.82, 2.24) is 0 Å². The number of hydrogen-bond donors (Lipinski definition) is 1. The highest BCUT2D eigenvalue weighted by Crippen LogP contribution is 2.33. The van der Waals surface area contributed by atoms with Crippen LogP contribution in [0.3, 0.4) is 0 Å². The molecule has 0 radical (unpaired) electrons. The zero-order chi connectivity index (χ0) is 10.8. The van der Waals surface area contributed by atoms with Crippen molar-refractivity contribution in [2.24, 2.45) is 11.7 Å². The molecule has 1 aromatic rings. The van der Waals surface area contributed by atoms with E-state index in [0.717, 1.165) is 5.56 Å². The summed E-state index contributed by atoms with van der Waals surface area (Å²) in [5.41, 5.74) is 5.88. The molecular formula is C12H18FN. The fourth-order valence-corrected chi connectivity index (χ4v) is 1.59. The molecule has 14 heavy (non-hydrogen) atoms. The quantitative estimate of drug-likeness (QED) is 0.788. The Kier molecular flexibility index (Phi) is 3.27. The van der Waals surface area contributed by atoms with E-state index in [1.54, 1.807) is 6.07 Å². The van der Waals surface area contributed by atoms with Crippen molar-refractivity contribution in [2.75, 3.05) is 6.54 Å². The number of aryl methyl sites for hydroxylation is 1. The SMILES string of the molecule is Cc1cccc(C(F)(CN)C(C)C)c1. The van der Waals surface area contributed by atoms with Gasteiger partial charge in [0.1, 0.15) is 5.67 Å². The predicted octanol–water partition coefficient (Wildman–Crippen LogP) is 2.77. The Bertz CT molecular complexity index is 309. The maximum absolute atomic E-state index is 14.4. The Morgan fingerprint density at radius 3 is 2.50 bits per heavy atom. The van der Waals surface area contributed by atoms with Crippen LogP contribution in [-0.4, -0.2) is 6.54 Å². The number of halogens is 1. The number of alkyl halides is 1. The summed E-state index contributed by atoms with van der Waals surface area (Å²) in [6.45, 7) is 5.71. The average Bonchev–Trinajstić information content (AvgIpc) is 2.16. The molecule has 1 aromatic carbocycles. The Hall–Kier alpha value is -0.890. The molecule has 0 saturated heterocycles. The van der Waals surface area contributed by atoms with Crippen LogP contribution in [0.4, 0.5) is 4.39 Å². The zero-order valence-electron chi connectivity index (χ0n) is 9.05. The Morgan fingerprint density at radius 1 is 1.43 bits per heavy atom. The third-order valence-electron chi connectivity index (χ3n) is 2.71. The van der Waals surface area contributed by atoms with Crippen molar-refractivity contribution in [3.63, 3.8) is 0 Å². The van der Waals surface area contributed by atoms with Crippen molar-refractivity contribution < 1.29 is 4.39 Å². The van der Waals surface area contributed by atoms with Gasteiger partial charge in [-0.2, -0.15) is 0 Å². The molecule has 0 aliphatic carbocycles. The minimum absolute atomic E-state index is 0.0358. The lowest BCUT2D eigenvalue weighted by molar-refractivity contribution is 0.109. The number of benzene rings is 1. The largest absolute Gasteiger partial charge is 0.327 e. The van der Waals surface area contributed by atoms with Crippen LogP contribution in [0.25, 0.3) is 0 Å². The zero-order valence-corrected chi connectivity index (χ0v) is 9.05. The summed E-state index contributed by atoms with van der Waals surface area (Å²) in [4.78, 5) is 0. The van der Waals surface area contributed by atoms with Gasteiger partial charge in [0.05, 0.1) is 0 Å². The van der Waals surface area contributed by atoms with E-state index in [-0.39, 0.29) is 12.5 Å². The molecule has 0 fully saturated rings. The van der Waals surface area contributed by atoms with E-state index >= 15 is 0 Å². The maximum Gasteiger partial charge on any atom is 0.150 e. The topological polar surface area (TPSA) is 26.0 Å². The van der Waals surface area contributed by atoms with Crippen LogP contribution in [0.1, 0.15) is 25.0 Å². The van der Waals surface area contributed by atoms with Crippen LogP contribution in [0.5, 0.6) is 0 Å². The first-order valence-electron chi connectivity index (χ1n) is 4.97. The van der Waals surface area contributed by atoms with Gasteiger partial charge in [-0.15, -0.1) is 0 Å². The second-order valence-electron chi connectivity index (χ2n) is 4.09. The molecule has 0 amide bonds. The molecule has 0 aromatic heterocycles. The van der Waals surface area contributed by atoms with Crippen LogP contribution in [0.15, 0.2) is 24.3 Å². The van der Waals surface area contributed by atoms with E-state index in [4.69, 9.17) is 5.73 Å². The third kappa shape index (κ3) is 1.95. The van der Waals surface area contributed by atoms with Gasteiger partial charge in [0.25, 0.3) is 0 Å². The predicted molar refractivity (Wildman–Crippen MR) is 57.9 cm³/mol. The molecular weight excluding hydrogens is 177 g/mol. The van der Waals surface area contributed by atoms with Crippen molar-refractivity contribution in [1.29, 1.82) is 0 Å². The lowest BCUT2D eigenvalue weighted by Crippen LogP contribution is -2.35. The van der Waals surface area contributed by atoms with Crippen LogP contribution in [-0.2, 0) is 5.67 Å². The highest BCUT2D eigenvalue weighted by atomic mass is 19.1. The highest BCUT2D eigenvalue weighted by molar-refractivity contribution is 5.28. The van der Waals surface area contributed by atoms with Gasteiger partial charge in [0.15, 0.2) is 0 Å². The molecule has 0 aliphatic rings. The van der Waals surface area contributed by atoms with Crippen LogP contribution in [0, 0.1) is 12.8 Å². The summed E-state index contributed by atoms with van der Waals surface area (Å²) in [5, 5.41) is 0. The van der Waals surface area contributed by atoms with Crippen molar-refractivity contribution in [2.45, 2.75) is 26.4 Å². The third-order valence-corrected chi connectivity index (χ3v) is 2.71. The van der Waals surface area contributed by atoms with Crippen molar-refractivity contribution in [3.8, 4) is 0 Å². The first-order chi connectivity index (χ1) is 6.50. The minimum Gasteiger partial charge on any atom is -0.327 e. The molecule has 1 rings (SSSR count). The van der Waals surface area contributed by atoms with E-state index < -0.39 is 5.67 Å². The number of nitrogens with two attached hydrogens (primary N) is 1. The number of hydrogen-bond acceptors (Lipinski definition) is 1. The smallest absolute Gasteiger partial charge is 0.150 e. The van der Waals surface area contributed by atoms with Gasteiger partial charge < -0.3 is 5.73 Å². The van der Waals surface area contributed by atoms with E-state index in [1.165, 1.54) is 0 Å². The van der Waals surface area contributed by atoms with E-state index in [0.29, 0.717) is 5.56 Å². The monoisotopic (exact) mass is 195 g/mol. The lowest BCUT2D eigenvalue weighted by Gasteiger charge is -2.28. The Morgan fingerprint density at radius 2 is 2.07 bits per heavy atom. The second kappa shape index (κ2) is 4.09. The fourth-order valence-electron chi connectivity index (χ4n) is 1.59. The molecule has 78 valence electrons. The molecule has 0 heterocycles. The molecule has 1 atom stereocenters. The molecule has 1 unspecified atom stereocenters. The van der Waals surface area contributed by atoms with Crippen LogP contribution < -0.4 is 5.73 Å². The summed E-state index contributed by atoms with van der Waals surface area (Å²) in [5.74, 6) is -0.103. The normalized spacial score (nSPS) is 15.6. The minimum atomic E-state index is -1.40. The lowest BCUT2D eigenvalue weighted by atomic mass is 9.84. The highest BCUT2D eigenvalue weighted by Gasteiger charge is 2.34. The van der Waals surface area contributed by atoms with Gasteiger partial charge in [-0.25, -0.2) is 4.39 Å². The Balaban J connectivity index is 3.12. The summed E-state index contributed by atoms with van der Waals surface area (Å²) >= 11 is 0. The summed E-state index contributed by atoms with van der Waals surface area (Å²) in [7, 11) is 0. The molecule has 2 heteroatoms. The first kappa shape index (κ1) is 11.2. The van der Waals surface area contributed by atoms with E-state index in [1.807, 2.05) is 39.0 Å². The fraction of sp³-hybridized carbons (Fsp3) is 0.500.